The molecule has 0 aliphatic heterocycles. The average molecular weight is 249 g/mol. The zero-order valence-electron chi connectivity index (χ0n) is 11.2. The van der Waals surface area contributed by atoms with Crippen LogP contribution in [0.5, 0.6) is 5.75 Å². The van der Waals surface area contributed by atoms with E-state index >= 15 is 0 Å². The lowest BCUT2D eigenvalue weighted by atomic mass is 10.1. The van der Waals surface area contributed by atoms with Crippen molar-refractivity contribution in [3.05, 3.63) is 29.8 Å². The van der Waals surface area contributed by atoms with E-state index in [9.17, 15) is 5.11 Å². The number of nitrogens with one attached hydrogen (secondary N) is 1. The number of aliphatic hydroxyl groups excluding tert-OH is 1. The molecule has 3 heteroatoms. The smallest absolute Gasteiger partial charge is 0.119 e. The Morgan fingerprint density at radius 1 is 1.28 bits per heavy atom. The van der Waals surface area contributed by atoms with Crippen LogP contribution < -0.4 is 10.1 Å². The number of rotatable bonds is 7. The largest absolute Gasteiger partial charge is 0.491 e. The van der Waals surface area contributed by atoms with E-state index in [1.165, 1.54) is 18.4 Å². The Labute approximate surface area is 109 Å². The molecule has 0 amide bonds. The molecule has 0 radical (unpaired) electrons. The topological polar surface area (TPSA) is 41.5 Å². The van der Waals surface area contributed by atoms with Crippen LogP contribution in [0.3, 0.4) is 0 Å². The van der Waals surface area contributed by atoms with E-state index in [0.717, 1.165) is 11.7 Å². The second kappa shape index (κ2) is 6.21. The second-order valence-corrected chi connectivity index (χ2v) is 5.37. The third-order valence-corrected chi connectivity index (χ3v) is 3.13. The Bertz CT molecular complexity index is 357. The van der Waals surface area contributed by atoms with E-state index in [0.29, 0.717) is 19.2 Å². The van der Waals surface area contributed by atoms with Crippen molar-refractivity contribution in [2.24, 2.45) is 0 Å². The molecule has 0 saturated heterocycles. The molecule has 100 valence electrons. The highest BCUT2D eigenvalue weighted by molar-refractivity contribution is 5.31. The number of benzene rings is 1. The fraction of sp³-hybridized carbons (Fsp3) is 0.600. The van der Waals surface area contributed by atoms with Gasteiger partial charge in [0.2, 0.25) is 0 Å². The number of ether oxygens (including phenoxy) is 1. The van der Waals surface area contributed by atoms with E-state index in [4.69, 9.17) is 4.74 Å². The molecule has 1 unspecified atom stereocenters. The highest BCUT2D eigenvalue weighted by Gasteiger charge is 2.22. The molecule has 2 N–H and O–H groups in total. The standard InChI is InChI=1S/C15H23NO2/c1-11(2)16-9-14(17)10-18-15-7-5-13(6-8-15)12-3-4-12/h5-8,11-12,14,16-17H,3-4,9-10H2,1-2H3. The third-order valence-electron chi connectivity index (χ3n) is 3.13. The fourth-order valence-electron chi connectivity index (χ4n) is 1.88. The van der Waals surface area contributed by atoms with Gasteiger partial charge in [-0.15, -0.1) is 0 Å². The van der Waals surface area contributed by atoms with Crippen LogP contribution in [-0.4, -0.2) is 30.4 Å². The van der Waals surface area contributed by atoms with Crippen LogP contribution in [0, 0.1) is 0 Å². The molecular formula is C15H23NO2. The van der Waals surface area contributed by atoms with Crippen molar-refractivity contribution in [2.45, 2.75) is 44.8 Å². The molecule has 1 saturated carbocycles. The van der Waals surface area contributed by atoms with Crippen molar-refractivity contribution in [2.75, 3.05) is 13.2 Å². The average Bonchev–Trinajstić information content (AvgIpc) is 3.18. The molecule has 1 atom stereocenters. The van der Waals surface area contributed by atoms with Crippen LogP contribution in [0.25, 0.3) is 0 Å². The molecule has 18 heavy (non-hydrogen) atoms. The minimum atomic E-state index is -0.462. The Morgan fingerprint density at radius 2 is 1.94 bits per heavy atom. The Kier molecular flexibility index (Phi) is 4.61. The first-order chi connectivity index (χ1) is 8.65. The third kappa shape index (κ3) is 4.31. The first-order valence-corrected chi connectivity index (χ1v) is 6.79. The van der Waals surface area contributed by atoms with Gasteiger partial charge in [-0.2, -0.15) is 0 Å². The van der Waals surface area contributed by atoms with Gasteiger partial charge < -0.3 is 15.2 Å². The highest BCUT2D eigenvalue weighted by atomic mass is 16.5. The summed E-state index contributed by atoms with van der Waals surface area (Å²) >= 11 is 0. The van der Waals surface area contributed by atoms with Crippen molar-refractivity contribution < 1.29 is 9.84 Å². The van der Waals surface area contributed by atoms with Gasteiger partial charge in [0.15, 0.2) is 0 Å². The lowest BCUT2D eigenvalue weighted by Crippen LogP contribution is -2.35. The van der Waals surface area contributed by atoms with E-state index in [1.807, 2.05) is 12.1 Å². The number of hydrogen-bond donors (Lipinski definition) is 2. The quantitative estimate of drug-likeness (QED) is 0.779. The maximum absolute atomic E-state index is 9.72. The van der Waals surface area contributed by atoms with Gasteiger partial charge in [-0.05, 0) is 36.5 Å². The maximum atomic E-state index is 9.72. The zero-order chi connectivity index (χ0) is 13.0. The predicted octanol–water partition coefficient (Wildman–Crippen LogP) is 2.30. The summed E-state index contributed by atoms with van der Waals surface area (Å²) in [6.45, 7) is 5.02. The number of aliphatic hydroxyl groups is 1. The van der Waals surface area contributed by atoms with E-state index in [1.54, 1.807) is 0 Å². The lowest BCUT2D eigenvalue weighted by Gasteiger charge is -2.15. The minimum absolute atomic E-state index is 0.336. The van der Waals surface area contributed by atoms with Crippen LogP contribution in [-0.2, 0) is 0 Å². The number of hydrogen-bond acceptors (Lipinski definition) is 3. The first kappa shape index (κ1) is 13.4. The maximum Gasteiger partial charge on any atom is 0.119 e. The SMILES string of the molecule is CC(C)NCC(O)COc1ccc(C2CC2)cc1. The zero-order valence-corrected chi connectivity index (χ0v) is 11.2. The van der Waals surface area contributed by atoms with Gasteiger partial charge in [0.05, 0.1) is 0 Å². The molecule has 0 aromatic heterocycles. The molecule has 0 heterocycles. The normalized spacial score (nSPS) is 16.9. The monoisotopic (exact) mass is 249 g/mol. The van der Waals surface area contributed by atoms with Crippen molar-refractivity contribution >= 4 is 0 Å². The summed E-state index contributed by atoms with van der Waals surface area (Å²) in [6.07, 6.45) is 2.18. The predicted molar refractivity (Wildman–Crippen MR) is 73.1 cm³/mol. The van der Waals surface area contributed by atoms with Crippen LogP contribution in [0.4, 0.5) is 0 Å². The Hall–Kier alpha value is -1.06. The summed E-state index contributed by atoms with van der Waals surface area (Å²) in [4.78, 5) is 0. The summed E-state index contributed by atoms with van der Waals surface area (Å²) in [5.74, 6) is 1.61. The molecule has 1 aromatic carbocycles. The van der Waals surface area contributed by atoms with E-state index in [2.05, 4.69) is 31.3 Å². The lowest BCUT2D eigenvalue weighted by molar-refractivity contribution is 0.104. The highest BCUT2D eigenvalue weighted by Crippen LogP contribution is 2.40. The summed E-state index contributed by atoms with van der Waals surface area (Å²) in [7, 11) is 0. The molecule has 0 spiro atoms. The fourth-order valence-corrected chi connectivity index (χ4v) is 1.88. The molecule has 1 fully saturated rings. The summed E-state index contributed by atoms with van der Waals surface area (Å²) in [5, 5.41) is 12.9. The van der Waals surface area contributed by atoms with Gasteiger partial charge in [-0.25, -0.2) is 0 Å². The van der Waals surface area contributed by atoms with Gasteiger partial charge in [-0.3, -0.25) is 0 Å². The van der Waals surface area contributed by atoms with Crippen LogP contribution >= 0.6 is 0 Å². The minimum Gasteiger partial charge on any atom is -0.491 e. The Morgan fingerprint density at radius 3 is 2.50 bits per heavy atom. The van der Waals surface area contributed by atoms with Gasteiger partial charge >= 0.3 is 0 Å². The molecule has 0 bridgehead atoms. The van der Waals surface area contributed by atoms with Gasteiger partial charge in [0.25, 0.3) is 0 Å². The molecule has 1 aliphatic carbocycles. The Balaban J connectivity index is 1.72. The van der Waals surface area contributed by atoms with Crippen LogP contribution in [0.1, 0.15) is 38.2 Å². The summed E-state index contributed by atoms with van der Waals surface area (Å²) < 4.78 is 5.57. The molecule has 2 rings (SSSR count). The summed E-state index contributed by atoms with van der Waals surface area (Å²) in [6, 6.07) is 8.64. The second-order valence-electron chi connectivity index (χ2n) is 5.37. The van der Waals surface area contributed by atoms with Crippen LogP contribution in [0.15, 0.2) is 24.3 Å². The molecule has 1 aliphatic rings. The van der Waals surface area contributed by atoms with E-state index in [-0.39, 0.29) is 0 Å². The molecule has 3 nitrogen and oxygen atoms in total. The molecule has 1 aromatic rings. The van der Waals surface area contributed by atoms with Gasteiger partial charge in [0, 0.05) is 12.6 Å². The molecular weight excluding hydrogens is 226 g/mol. The first-order valence-electron chi connectivity index (χ1n) is 6.79. The van der Waals surface area contributed by atoms with Crippen molar-refractivity contribution in [3.8, 4) is 5.75 Å². The van der Waals surface area contributed by atoms with Gasteiger partial charge in [0.1, 0.15) is 18.5 Å². The van der Waals surface area contributed by atoms with Gasteiger partial charge in [-0.1, -0.05) is 26.0 Å². The van der Waals surface area contributed by atoms with Crippen LogP contribution in [0.2, 0.25) is 0 Å². The summed E-state index contributed by atoms with van der Waals surface area (Å²) in [5.41, 5.74) is 1.41. The van der Waals surface area contributed by atoms with Crippen molar-refractivity contribution in [1.29, 1.82) is 0 Å². The van der Waals surface area contributed by atoms with Crippen molar-refractivity contribution in [1.82, 2.24) is 5.32 Å². The van der Waals surface area contributed by atoms with Crippen molar-refractivity contribution in [3.63, 3.8) is 0 Å². The van der Waals surface area contributed by atoms with E-state index < -0.39 is 6.10 Å².